The van der Waals surface area contributed by atoms with Gasteiger partial charge in [-0.1, -0.05) is 13.3 Å². The molecule has 0 atom stereocenters. The molecule has 0 bridgehead atoms. The molecule has 0 aromatic carbocycles. The van der Waals surface area contributed by atoms with Gasteiger partial charge in [0.1, 0.15) is 0 Å². The highest BCUT2D eigenvalue weighted by Gasteiger charge is 1.97. The molecule has 0 aliphatic carbocycles. The van der Waals surface area contributed by atoms with Gasteiger partial charge in [-0.2, -0.15) is 0 Å². The third kappa shape index (κ3) is 25.2. The standard InChI is InChI=1S/C19H38O9/c1-2-3-5-22-7-9-24-11-13-26-15-17-28-18-16-27-14-12-25-10-8-23-6-4-19(20)21/h2-18H2,1H3,(H,20,21). The van der Waals surface area contributed by atoms with Crippen molar-refractivity contribution in [2.75, 3.05) is 92.5 Å². The summed E-state index contributed by atoms with van der Waals surface area (Å²) in [5, 5.41) is 8.43. The molecular formula is C19H38O9. The normalized spacial score (nSPS) is 11.2. The minimum atomic E-state index is -0.865. The van der Waals surface area contributed by atoms with Crippen molar-refractivity contribution >= 4 is 5.97 Å². The predicted molar refractivity (Wildman–Crippen MR) is 103 cm³/mol. The van der Waals surface area contributed by atoms with Gasteiger partial charge in [0.2, 0.25) is 0 Å². The van der Waals surface area contributed by atoms with Crippen molar-refractivity contribution in [2.24, 2.45) is 0 Å². The maximum Gasteiger partial charge on any atom is 0.305 e. The maximum absolute atomic E-state index is 10.3. The Kier molecular flexibility index (Phi) is 23.5. The van der Waals surface area contributed by atoms with E-state index in [9.17, 15) is 4.79 Å². The van der Waals surface area contributed by atoms with Gasteiger partial charge in [0, 0.05) is 6.61 Å². The molecule has 0 aliphatic rings. The number of unbranched alkanes of at least 4 members (excludes halogenated alkanes) is 1. The van der Waals surface area contributed by atoms with Crippen molar-refractivity contribution in [1.82, 2.24) is 0 Å². The highest BCUT2D eigenvalue weighted by atomic mass is 16.6. The fourth-order valence-electron chi connectivity index (χ4n) is 1.83. The predicted octanol–water partition coefficient (Wildman–Crippen LogP) is 1.38. The van der Waals surface area contributed by atoms with Crippen LogP contribution in [0, 0.1) is 0 Å². The molecule has 0 aromatic heterocycles. The Hall–Kier alpha value is -0.810. The Morgan fingerprint density at radius 2 is 0.821 bits per heavy atom. The van der Waals surface area contributed by atoms with E-state index in [-0.39, 0.29) is 13.0 Å². The largest absolute Gasteiger partial charge is 0.481 e. The molecule has 9 nitrogen and oxygen atoms in total. The molecule has 0 fully saturated rings. The van der Waals surface area contributed by atoms with E-state index in [2.05, 4.69) is 6.92 Å². The lowest BCUT2D eigenvalue weighted by molar-refractivity contribution is -0.138. The average Bonchev–Trinajstić information content (AvgIpc) is 2.68. The molecule has 0 rings (SSSR count). The van der Waals surface area contributed by atoms with E-state index in [1.54, 1.807) is 0 Å². The maximum atomic E-state index is 10.3. The van der Waals surface area contributed by atoms with Gasteiger partial charge >= 0.3 is 5.97 Å². The molecule has 0 saturated heterocycles. The van der Waals surface area contributed by atoms with E-state index in [1.165, 1.54) is 0 Å². The highest BCUT2D eigenvalue weighted by Crippen LogP contribution is 1.88. The number of hydrogen-bond donors (Lipinski definition) is 1. The van der Waals surface area contributed by atoms with Crippen LogP contribution >= 0.6 is 0 Å². The minimum Gasteiger partial charge on any atom is -0.481 e. The summed E-state index contributed by atoms with van der Waals surface area (Å²) in [6, 6.07) is 0. The number of carboxylic acids is 1. The summed E-state index contributed by atoms with van der Waals surface area (Å²) < 4.78 is 37.3. The van der Waals surface area contributed by atoms with E-state index < -0.39 is 5.97 Å². The molecule has 0 spiro atoms. The van der Waals surface area contributed by atoms with Gasteiger partial charge in [-0.15, -0.1) is 0 Å². The lowest BCUT2D eigenvalue weighted by Gasteiger charge is -2.08. The number of ether oxygens (including phenoxy) is 7. The van der Waals surface area contributed by atoms with Gasteiger partial charge in [-0.3, -0.25) is 4.79 Å². The lowest BCUT2D eigenvalue weighted by atomic mass is 10.4. The smallest absolute Gasteiger partial charge is 0.305 e. The summed E-state index contributed by atoms with van der Waals surface area (Å²) in [6.07, 6.45) is 2.25. The third-order valence-corrected chi connectivity index (χ3v) is 3.33. The summed E-state index contributed by atoms with van der Waals surface area (Å²) in [5.74, 6) is -0.865. The molecule has 0 saturated carbocycles. The van der Waals surface area contributed by atoms with E-state index in [0.717, 1.165) is 19.4 Å². The zero-order valence-electron chi connectivity index (χ0n) is 17.2. The molecule has 0 amide bonds. The second-order valence-electron chi connectivity index (χ2n) is 5.78. The topological polar surface area (TPSA) is 102 Å². The van der Waals surface area contributed by atoms with E-state index in [4.69, 9.17) is 38.3 Å². The molecule has 1 N–H and O–H groups in total. The Morgan fingerprint density at radius 3 is 1.11 bits per heavy atom. The van der Waals surface area contributed by atoms with Crippen LogP contribution < -0.4 is 0 Å². The number of rotatable bonds is 24. The van der Waals surface area contributed by atoms with Crippen LogP contribution in [0.15, 0.2) is 0 Å². The van der Waals surface area contributed by atoms with E-state index in [0.29, 0.717) is 79.3 Å². The van der Waals surface area contributed by atoms with Crippen LogP contribution in [0.5, 0.6) is 0 Å². The number of hydrogen-bond acceptors (Lipinski definition) is 8. The first-order valence-electron chi connectivity index (χ1n) is 10.0. The summed E-state index contributed by atoms with van der Waals surface area (Å²) >= 11 is 0. The molecule has 0 radical (unpaired) electrons. The molecular weight excluding hydrogens is 372 g/mol. The zero-order chi connectivity index (χ0) is 20.5. The van der Waals surface area contributed by atoms with Crippen molar-refractivity contribution in [2.45, 2.75) is 26.2 Å². The fourth-order valence-corrected chi connectivity index (χ4v) is 1.83. The fraction of sp³-hybridized carbons (Fsp3) is 0.947. The summed E-state index contributed by atoms with van der Waals surface area (Å²) in [4.78, 5) is 10.3. The van der Waals surface area contributed by atoms with Crippen LogP contribution in [0.25, 0.3) is 0 Å². The second-order valence-corrected chi connectivity index (χ2v) is 5.78. The Labute approximate surface area is 168 Å². The van der Waals surface area contributed by atoms with Crippen molar-refractivity contribution in [3.05, 3.63) is 0 Å². The van der Waals surface area contributed by atoms with Gasteiger partial charge in [0.05, 0.1) is 92.3 Å². The SMILES string of the molecule is CCCCOCCOCCOCCOCCOCCOCCOCCC(=O)O. The highest BCUT2D eigenvalue weighted by molar-refractivity contribution is 5.66. The van der Waals surface area contributed by atoms with Crippen molar-refractivity contribution < 1.29 is 43.1 Å². The van der Waals surface area contributed by atoms with E-state index >= 15 is 0 Å². The number of carboxylic acid groups (broad SMARTS) is 1. The minimum absolute atomic E-state index is 0.0105. The monoisotopic (exact) mass is 410 g/mol. The molecule has 0 aliphatic heterocycles. The molecule has 0 heterocycles. The Balaban J connectivity index is 2.99. The van der Waals surface area contributed by atoms with Crippen LogP contribution in [0.2, 0.25) is 0 Å². The van der Waals surface area contributed by atoms with Gasteiger partial charge in [-0.25, -0.2) is 0 Å². The summed E-state index contributed by atoms with van der Waals surface area (Å²) in [7, 11) is 0. The van der Waals surface area contributed by atoms with Crippen LogP contribution in [0.3, 0.4) is 0 Å². The molecule has 28 heavy (non-hydrogen) atoms. The van der Waals surface area contributed by atoms with Crippen molar-refractivity contribution in [3.63, 3.8) is 0 Å². The average molecular weight is 411 g/mol. The van der Waals surface area contributed by atoms with Crippen LogP contribution in [0.1, 0.15) is 26.2 Å². The van der Waals surface area contributed by atoms with Gasteiger partial charge < -0.3 is 38.3 Å². The Bertz CT molecular complexity index is 316. The first kappa shape index (κ1) is 27.2. The molecule has 9 heteroatoms. The number of aliphatic carboxylic acids is 1. The van der Waals surface area contributed by atoms with Gasteiger partial charge in [0.15, 0.2) is 0 Å². The van der Waals surface area contributed by atoms with E-state index in [1.807, 2.05) is 0 Å². The molecule has 168 valence electrons. The zero-order valence-corrected chi connectivity index (χ0v) is 17.2. The molecule has 0 unspecified atom stereocenters. The lowest BCUT2D eigenvalue weighted by Crippen LogP contribution is -2.14. The second kappa shape index (κ2) is 24.2. The number of carbonyl (C=O) groups is 1. The van der Waals surface area contributed by atoms with Crippen molar-refractivity contribution in [3.8, 4) is 0 Å². The first-order valence-corrected chi connectivity index (χ1v) is 10.0. The molecule has 0 aromatic rings. The summed E-state index contributed by atoms with van der Waals surface area (Å²) in [6.45, 7) is 9.30. The Morgan fingerprint density at radius 1 is 0.536 bits per heavy atom. The third-order valence-electron chi connectivity index (χ3n) is 3.33. The first-order chi connectivity index (χ1) is 13.8. The van der Waals surface area contributed by atoms with Crippen LogP contribution in [0.4, 0.5) is 0 Å². The van der Waals surface area contributed by atoms with Gasteiger partial charge in [-0.05, 0) is 6.42 Å². The van der Waals surface area contributed by atoms with Gasteiger partial charge in [0.25, 0.3) is 0 Å². The summed E-state index contributed by atoms with van der Waals surface area (Å²) in [5.41, 5.74) is 0. The quantitative estimate of drug-likeness (QED) is 0.236. The van der Waals surface area contributed by atoms with Crippen LogP contribution in [-0.2, 0) is 38.0 Å². The van der Waals surface area contributed by atoms with Crippen LogP contribution in [-0.4, -0.2) is 104 Å². The van der Waals surface area contributed by atoms with Crippen molar-refractivity contribution in [1.29, 1.82) is 0 Å².